The van der Waals surface area contributed by atoms with Gasteiger partial charge in [0.05, 0.1) is 18.2 Å². The third-order valence-corrected chi connectivity index (χ3v) is 5.41. The molecular weight excluding hydrogens is 378 g/mol. The van der Waals surface area contributed by atoms with Gasteiger partial charge in [0, 0.05) is 23.6 Å². The number of Topliss-reactive ketones (excluding diaryl/α,β-unsaturated/α-hetero) is 1. The minimum absolute atomic E-state index is 0.111. The second-order valence-electron chi connectivity index (χ2n) is 6.97. The average Bonchev–Trinajstić information content (AvgIpc) is 3.26. The number of hydrogen-bond acceptors (Lipinski definition) is 4. The molecule has 0 saturated carbocycles. The lowest BCUT2D eigenvalue weighted by atomic mass is 9.94. The van der Waals surface area contributed by atoms with E-state index in [0.717, 1.165) is 23.3 Å². The summed E-state index contributed by atoms with van der Waals surface area (Å²) < 4.78 is 5.51. The minimum Gasteiger partial charge on any atom is -0.507 e. The molecule has 2 heterocycles. The van der Waals surface area contributed by atoms with E-state index in [1.807, 2.05) is 13.0 Å². The fraction of sp³-hybridized carbons (Fsp3) is 0.273. The zero-order chi connectivity index (χ0) is 19.8. The van der Waals surface area contributed by atoms with Gasteiger partial charge in [0.1, 0.15) is 11.5 Å². The molecule has 2 aromatic carbocycles. The number of aliphatic hydroxyl groups excluding tert-OH is 1. The van der Waals surface area contributed by atoms with Gasteiger partial charge < -0.3 is 14.7 Å². The molecule has 28 heavy (non-hydrogen) atoms. The summed E-state index contributed by atoms with van der Waals surface area (Å²) in [5.41, 5.74) is 2.34. The third-order valence-electron chi connectivity index (χ3n) is 5.15. The van der Waals surface area contributed by atoms with Crippen molar-refractivity contribution in [3.05, 3.63) is 69.8 Å². The first-order valence-electron chi connectivity index (χ1n) is 9.31. The van der Waals surface area contributed by atoms with Crippen LogP contribution in [0.3, 0.4) is 0 Å². The number of hydrogen-bond donors (Lipinski definition) is 1. The van der Waals surface area contributed by atoms with Crippen LogP contribution in [0.2, 0.25) is 5.02 Å². The van der Waals surface area contributed by atoms with E-state index < -0.39 is 17.7 Å². The molecule has 144 valence electrons. The Kier molecular flexibility index (Phi) is 4.85. The number of ketones is 1. The summed E-state index contributed by atoms with van der Waals surface area (Å²) in [6.45, 7) is 2.97. The Morgan fingerprint density at radius 1 is 1.21 bits per heavy atom. The summed E-state index contributed by atoms with van der Waals surface area (Å²) in [4.78, 5) is 27.0. The van der Waals surface area contributed by atoms with Crippen molar-refractivity contribution in [2.24, 2.45) is 0 Å². The summed E-state index contributed by atoms with van der Waals surface area (Å²) in [5, 5.41) is 11.6. The van der Waals surface area contributed by atoms with Crippen molar-refractivity contribution in [2.75, 3.05) is 13.2 Å². The molecule has 2 aliphatic rings. The van der Waals surface area contributed by atoms with Crippen LogP contribution in [-0.4, -0.2) is 34.8 Å². The first kappa shape index (κ1) is 18.6. The Hall–Kier alpha value is -2.79. The van der Waals surface area contributed by atoms with E-state index in [1.165, 1.54) is 4.90 Å². The molecule has 0 spiro atoms. The second kappa shape index (κ2) is 7.32. The summed E-state index contributed by atoms with van der Waals surface area (Å²) >= 11 is 6.00. The Bertz CT molecular complexity index is 981. The lowest BCUT2D eigenvalue weighted by molar-refractivity contribution is -0.139. The lowest BCUT2D eigenvalue weighted by Gasteiger charge is -2.25. The van der Waals surface area contributed by atoms with Gasteiger partial charge in [-0.25, -0.2) is 0 Å². The Morgan fingerprint density at radius 3 is 2.68 bits per heavy atom. The number of aliphatic hydroxyl groups is 1. The first-order valence-corrected chi connectivity index (χ1v) is 9.69. The summed E-state index contributed by atoms with van der Waals surface area (Å²) in [6, 6.07) is 11.7. The van der Waals surface area contributed by atoms with Crippen LogP contribution in [0.25, 0.3) is 5.76 Å². The quantitative estimate of drug-likeness (QED) is 0.479. The summed E-state index contributed by atoms with van der Waals surface area (Å²) in [6.07, 6.45) is 1.45. The number of halogens is 1. The lowest BCUT2D eigenvalue weighted by Crippen LogP contribution is -2.30. The van der Waals surface area contributed by atoms with E-state index >= 15 is 0 Å². The molecule has 4 rings (SSSR count). The molecule has 0 radical (unpaired) electrons. The van der Waals surface area contributed by atoms with Crippen LogP contribution >= 0.6 is 11.6 Å². The topological polar surface area (TPSA) is 66.8 Å². The van der Waals surface area contributed by atoms with E-state index in [1.54, 1.807) is 36.4 Å². The molecule has 0 aromatic heterocycles. The predicted molar refractivity (Wildman–Crippen MR) is 106 cm³/mol. The van der Waals surface area contributed by atoms with Crippen molar-refractivity contribution in [2.45, 2.75) is 25.8 Å². The minimum atomic E-state index is -0.664. The number of ether oxygens (including phenoxy) is 1. The van der Waals surface area contributed by atoms with Crippen LogP contribution in [0.1, 0.15) is 36.1 Å². The number of carbonyl (C=O) groups is 2. The molecule has 0 aliphatic carbocycles. The highest BCUT2D eigenvalue weighted by Crippen LogP contribution is 2.40. The van der Waals surface area contributed by atoms with Gasteiger partial charge in [-0.15, -0.1) is 0 Å². The van der Waals surface area contributed by atoms with Crippen molar-refractivity contribution in [1.82, 2.24) is 4.90 Å². The Balaban J connectivity index is 1.85. The number of fused-ring (bicyclic) bond motifs is 1. The van der Waals surface area contributed by atoms with Gasteiger partial charge in [0.2, 0.25) is 0 Å². The second-order valence-corrected chi connectivity index (χ2v) is 7.40. The zero-order valence-electron chi connectivity index (χ0n) is 15.4. The molecule has 2 aromatic rings. The standard InChI is InChI=1S/C22H20ClNO4/c1-2-10-24-19(13-3-6-16(23)7-4-13)18(21(26)22(24)27)20(25)15-5-8-17-14(12-15)9-11-28-17/h3-8,12,19,25H,2,9-11H2,1H3/b20-18-. The molecule has 0 bridgehead atoms. The van der Waals surface area contributed by atoms with Crippen molar-refractivity contribution < 1.29 is 19.4 Å². The van der Waals surface area contributed by atoms with Gasteiger partial charge in [-0.05, 0) is 47.9 Å². The van der Waals surface area contributed by atoms with E-state index in [-0.39, 0.29) is 11.3 Å². The molecular formula is C22H20ClNO4. The van der Waals surface area contributed by atoms with Gasteiger partial charge in [-0.1, -0.05) is 30.7 Å². The maximum atomic E-state index is 12.8. The zero-order valence-corrected chi connectivity index (χ0v) is 16.2. The molecule has 2 aliphatic heterocycles. The molecule has 1 atom stereocenters. The fourth-order valence-electron chi connectivity index (χ4n) is 3.83. The number of likely N-dealkylation sites (tertiary alicyclic amines) is 1. The monoisotopic (exact) mass is 397 g/mol. The maximum Gasteiger partial charge on any atom is 0.295 e. The van der Waals surface area contributed by atoms with Crippen molar-refractivity contribution >= 4 is 29.1 Å². The fourth-order valence-corrected chi connectivity index (χ4v) is 3.96. The van der Waals surface area contributed by atoms with Crippen LogP contribution in [0, 0.1) is 0 Å². The van der Waals surface area contributed by atoms with Gasteiger partial charge in [0.25, 0.3) is 11.7 Å². The first-order chi connectivity index (χ1) is 13.5. The third kappa shape index (κ3) is 3.06. The van der Waals surface area contributed by atoms with Crippen LogP contribution < -0.4 is 4.74 Å². The van der Waals surface area contributed by atoms with E-state index in [4.69, 9.17) is 16.3 Å². The summed E-state index contributed by atoms with van der Waals surface area (Å²) in [7, 11) is 0. The largest absolute Gasteiger partial charge is 0.507 e. The van der Waals surface area contributed by atoms with Crippen LogP contribution in [0.5, 0.6) is 5.75 Å². The van der Waals surface area contributed by atoms with Gasteiger partial charge in [-0.3, -0.25) is 9.59 Å². The average molecular weight is 398 g/mol. The number of amides is 1. The molecule has 1 saturated heterocycles. The van der Waals surface area contributed by atoms with Crippen molar-refractivity contribution in [3.8, 4) is 5.75 Å². The Morgan fingerprint density at radius 2 is 1.96 bits per heavy atom. The van der Waals surface area contributed by atoms with Gasteiger partial charge >= 0.3 is 0 Å². The van der Waals surface area contributed by atoms with Crippen LogP contribution in [-0.2, 0) is 16.0 Å². The van der Waals surface area contributed by atoms with E-state index in [9.17, 15) is 14.7 Å². The molecule has 6 heteroatoms. The van der Waals surface area contributed by atoms with E-state index in [0.29, 0.717) is 30.2 Å². The predicted octanol–water partition coefficient (Wildman–Crippen LogP) is 4.11. The van der Waals surface area contributed by atoms with E-state index in [2.05, 4.69) is 0 Å². The smallest absolute Gasteiger partial charge is 0.295 e. The van der Waals surface area contributed by atoms with Gasteiger partial charge in [-0.2, -0.15) is 0 Å². The highest BCUT2D eigenvalue weighted by atomic mass is 35.5. The normalized spacial score (nSPS) is 20.4. The van der Waals surface area contributed by atoms with Crippen molar-refractivity contribution in [1.29, 1.82) is 0 Å². The molecule has 1 fully saturated rings. The molecule has 1 unspecified atom stereocenters. The van der Waals surface area contributed by atoms with Crippen LogP contribution in [0.4, 0.5) is 0 Å². The van der Waals surface area contributed by atoms with Crippen LogP contribution in [0.15, 0.2) is 48.0 Å². The van der Waals surface area contributed by atoms with Crippen molar-refractivity contribution in [3.63, 3.8) is 0 Å². The SMILES string of the molecule is CCCN1C(=O)C(=O)/C(=C(\O)c2ccc3c(c2)CCO3)C1c1ccc(Cl)cc1. The molecule has 5 nitrogen and oxygen atoms in total. The number of carbonyl (C=O) groups excluding carboxylic acids is 2. The van der Waals surface area contributed by atoms with Gasteiger partial charge in [0.15, 0.2) is 0 Å². The number of nitrogens with zero attached hydrogens (tertiary/aromatic N) is 1. The maximum absolute atomic E-state index is 12.8. The highest BCUT2D eigenvalue weighted by molar-refractivity contribution is 6.46. The summed E-state index contributed by atoms with van der Waals surface area (Å²) in [5.74, 6) is -0.626. The number of rotatable bonds is 4. The highest BCUT2D eigenvalue weighted by Gasteiger charge is 2.45. The Labute approximate surface area is 168 Å². The molecule has 1 N–H and O–H groups in total. The molecule has 1 amide bonds. The number of benzene rings is 2.